The van der Waals surface area contributed by atoms with Crippen molar-refractivity contribution in [1.82, 2.24) is 4.98 Å². The van der Waals surface area contributed by atoms with E-state index in [1.807, 2.05) is 55.6 Å². The molecule has 5 heteroatoms. The molecule has 4 nitrogen and oxygen atoms in total. The summed E-state index contributed by atoms with van der Waals surface area (Å²) in [6, 6.07) is 13.1. The first-order valence-corrected chi connectivity index (χ1v) is 8.43. The number of hydrogen-bond acceptors (Lipinski definition) is 4. The number of anilines is 1. The van der Waals surface area contributed by atoms with E-state index in [-0.39, 0.29) is 5.91 Å². The highest BCUT2D eigenvalue weighted by Crippen LogP contribution is 2.24. The van der Waals surface area contributed by atoms with Crippen molar-refractivity contribution in [2.45, 2.75) is 13.8 Å². The van der Waals surface area contributed by atoms with Crippen molar-refractivity contribution in [3.05, 3.63) is 64.0 Å². The summed E-state index contributed by atoms with van der Waals surface area (Å²) < 4.78 is 5.24. The number of carbonyl (C=O) groups is 1. The van der Waals surface area contributed by atoms with Crippen LogP contribution in [0.2, 0.25) is 0 Å². The van der Waals surface area contributed by atoms with Crippen molar-refractivity contribution in [2.75, 3.05) is 12.4 Å². The highest BCUT2D eigenvalue weighted by atomic mass is 32.1. The molecule has 0 radical (unpaired) electrons. The molecule has 2 aromatic carbocycles. The molecular weight excluding hydrogens is 320 g/mol. The van der Waals surface area contributed by atoms with E-state index >= 15 is 0 Å². The minimum Gasteiger partial charge on any atom is -0.496 e. The van der Waals surface area contributed by atoms with Crippen LogP contribution in [-0.2, 0) is 0 Å². The Labute approximate surface area is 145 Å². The normalized spacial score (nSPS) is 10.5. The van der Waals surface area contributed by atoms with Gasteiger partial charge in [-0.25, -0.2) is 4.98 Å². The first-order chi connectivity index (χ1) is 11.6. The van der Waals surface area contributed by atoms with Gasteiger partial charge in [0.2, 0.25) is 0 Å². The van der Waals surface area contributed by atoms with Gasteiger partial charge < -0.3 is 10.1 Å². The van der Waals surface area contributed by atoms with Crippen LogP contribution in [0.25, 0.3) is 11.3 Å². The van der Waals surface area contributed by atoms with Crippen molar-refractivity contribution in [3.8, 4) is 17.0 Å². The summed E-state index contributed by atoms with van der Waals surface area (Å²) in [5, 5.41) is 5.93. The standard InChI is InChI=1S/C19H18N2O2S/c1-12-9-16(7-8-18(12)23-3)21-19(22)15-6-4-5-14(10-15)17-11-24-13(2)20-17/h4-11H,1-3H3,(H,21,22). The Morgan fingerprint density at radius 1 is 1.17 bits per heavy atom. The lowest BCUT2D eigenvalue weighted by Gasteiger charge is -2.09. The smallest absolute Gasteiger partial charge is 0.255 e. The van der Waals surface area contributed by atoms with Crippen LogP contribution in [0.1, 0.15) is 20.9 Å². The maximum Gasteiger partial charge on any atom is 0.255 e. The molecule has 0 spiro atoms. The largest absolute Gasteiger partial charge is 0.496 e. The summed E-state index contributed by atoms with van der Waals surface area (Å²) in [5.74, 6) is 0.655. The van der Waals surface area contributed by atoms with Crippen LogP contribution in [0.5, 0.6) is 5.75 Å². The highest BCUT2D eigenvalue weighted by molar-refractivity contribution is 7.09. The summed E-state index contributed by atoms with van der Waals surface area (Å²) in [7, 11) is 1.63. The zero-order valence-corrected chi connectivity index (χ0v) is 14.6. The Bertz CT molecular complexity index is 887. The molecule has 122 valence electrons. The molecule has 0 atom stereocenters. The van der Waals surface area contributed by atoms with E-state index in [9.17, 15) is 4.79 Å². The van der Waals surface area contributed by atoms with E-state index in [0.29, 0.717) is 5.56 Å². The Hall–Kier alpha value is -2.66. The quantitative estimate of drug-likeness (QED) is 0.751. The van der Waals surface area contributed by atoms with Crippen LogP contribution in [0.15, 0.2) is 47.8 Å². The lowest BCUT2D eigenvalue weighted by Crippen LogP contribution is -2.12. The monoisotopic (exact) mass is 338 g/mol. The average molecular weight is 338 g/mol. The summed E-state index contributed by atoms with van der Waals surface area (Å²) in [4.78, 5) is 17.0. The Morgan fingerprint density at radius 3 is 2.67 bits per heavy atom. The number of nitrogens with one attached hydrogen (secondary N) is 1. The van der Waals surface area contributed by atoms with E-state index < -0.39 is 0 Å². The molecule has 0 fully saturated rings. The van der Waals surface area contributed by atoms with E-state index in [1.54, 1.807) is 24.5 Å². The molecule has 24 heavy (non-hydrogen) atoms. The highest BCUT2D eigenvalue weighted by Gasteiger charge is 2.10. The summed E-state index contributed by atoms with van der Waals surface area (Å²) in [5.41, 5.74) is 4.16. The van der Waals surface area contributed by atoms with Gasteiger partial charge in [0.15, 0.2) is 0 Å². The SMILES string of the molecule is COc1ccc(NC(=O)c2cccc(-c3csc(C)n3)c2)cc1C. The van der Waals surface area contributed by atoms with E-state index in [1.165, 1.54) is 0 Å². The second-order valence-corrected chi connectivity index (χ2v) is 6.53. The molecular formula is C19H18N2O2S. The number of thiazole rings is 1. The van der Waals surface area contributed by atoms with Gasteiger partial charge in [0.1, 0.15) is 5.75 Å². The molecule has 1 amide bonds. The molecule has 0 unspecified atom stereocenters. The number of ether oxygens (including phenoxy) is 1. The second-order valence-electron chi connectivity index (χ2n) is 5.47. The van der Waals surface area contributed by atoms with Crippen molar-refractivity contribution >= 4 is 22.9 Å². The summed E-state index contributed by atoms with van der Waals surface area (Å²) in [6.07, 6.45) is 0. The van der Waals surface area contributed by atoms with Gasteiger partial charge in [0.25, 0.3) is 5.91 Å². The molecule has 0 saturated heterocycles. The van der Waals surface area contributed by atoms with E-state index in [0.717, 1.165) is 33.3 Å². The molecule has 0 aliphatic carbocycles. The Balaban J connectivity index is 1.81. The van der Waals surface area contributed by atoms with Gasteiger partial charge in [0, 0.05) is 22.2 Å². The third-order valence-corrected chi connectivity index (χ3v) is 4.47. The first-order valence-electron chi connectivity index (χ1n) is 7.55. The number of benzene rings is 2. The number of nitrogens with zero attached hydrogens (tertiary/aromatic N) is 1. The van der Waals surface area contributed by atoms with Crippen LogP contribution in [0.3, 0.4) is 0 Å². The number of hydrogen-bond donors (Lipinski definition) is 1. The molecule has 0 aliphatic heterocycles. The molecule has 0 bridgehead atoms. The predicted molar refractivity (Wildman–Crippen MR) is 98.0 cm³/mol. The molecule has 1 heterocycles. The third-order valence-electron chi connectivity index (χ3n) is 3.69. The van der Waals surface area contributed by atoms with Crippen molar-refractivity contribution in [1.29, 1.82) is 0 Å². The zero-order chi connectivity index (χ0) is 17.1. The molecule has 3 rings (SSSR count). The molecule has 0 saturated carbocycles. The predicted octanol–water partition coefficient (Wildman–Crippen LogP) is 4.69. The molecule has 0 aliphatic rings. The fourth-order valence-electron chi connectivity index (χ4n) is 2.48. The second kappa shape index (κ2) is 6.84. The van der Waals surface area contributed by atoms with Crippen LogP contribution >= 0.6 is 11.3 Å². The number of amides is 1. The van der Waals surface area contributed by atoms with Crippen LogP contribution < -0.4 is 10.1 Å². The van der Waals surface area contributed by atoms with E-state index in [2.05, 4.69) is 10.3 Å². The van der Waals surface area contributed by atoms with Gasteiger partial charge in [-0.05, 0) is 49.7 Å². The average Bonchev–Trinajstić information content (AvgIpc) is 3.02. The van der Waals surface area contributed by atoms with Gasteiger partial charge in [0.05, 0.1) is 17.8 Å². The molecule has 1 aromatic heterocycles. The topological polar surface area (TPSA) is 51.2 Å². The van der Waals surface area contributed by atoms with Gasteiger partial charge in [-0.15, -0.1) is 11.3 Å². The zero-order valence-electron chi connectivity index (χ0n) is 13.8. The molecule has 1 N–H and O–H groups in total. The van der Waals surface area contributed by atoms with Gasteiger partial charge in [-0.2, -0.15) is 0 Å². The Kier molecular flexibility index (Phi) is 4.62. The molecule has 3 aromatic rings. The van der Waals surface area contributed by atoms with Crippen molar-refractivity contribution in [2.24, 2.45) is 0 Å². The number of rotatable bonds is 4. The first kappa shape index (κ1) is 16.2. The van der Waals surface area contributed by atoms with Gasteiger partial charge in [-0.1, -0.05) is 12.1 Å². The minimum atomic E-state index is -0.145. The fourth-order valence-corrected chi connectivity index (χ4v) is 3.10. The lowest BCUT2D eigenvalue weighted by atomic mass is 10.1. The van der Waals surface area contributed by atoms with Crippen molar-refractivity contribution < 1.29 is 9.53 Å². The number of methoxy groups -OCH3 is 1. The van der Waals surface area contributed by atoms with Gasteiger partial charge >= 0.3 is 0 Å². The summed E-state index contributed by atoms with van der Waals surface area (Å²) in [6.45, 7) is 3.91. The third kappa shape index (κ3) is 3.46. The van der Waals surface area contributed by atoms with Gasteiger partial charge in [-0.3, -0.25) is 4.79 Å². The number of aromatic nitrogens is 1. The number of carbonyl (C=O) groups excluding carboxylic acids is 1. The van der Waals surface area contributed by atoms with Crippen LogP contribution in [0, 0.1) is 13.8 Å². The Morgan fingerprint density at radius 2 is 2.00 bits per heavy atom. The maximum absolute atomic E-state index is 12.5. The van der Waals surface area contributed by atoms with Crippen LogP contribution in [-0.4, -0.2) is 18.0 Å². The minimum absolute atomic E-state index is 0.145. The number of aryl methyl sites for hydroxylation is 2. The van der Waals surface area contributed by atoms with Crippen LogP contribution in [0.4, 0.5) is 5.69 Å². The lowest BCUT2D eigenvalue weighted by molar-refractivity contribution is 0.102. The maximum atomic E-state index is 12.5. The summed E-state index contributed by atoms with van der Waals surface area (Å²) >= 11 is 1.60. The van der Waals surface area contributed by atoms with E-state index in [4.69, 9.17) is 4.74 Å². The van der Waals surface area contributed by atoms with Crippen molar-refractivity contribution in [3.63, 3.8) is 0 Å². The fraction of sp³-hybridized carbons (Fsp3) is 0.158.